The number of nitrogens with one attached hydrogen (secondary N) is 1. The Bertz CT molecular complexity index is 624. The summed E-state index contributed by atoms with van der Waals surface area (Å²) in [4.78, 5) is 12.0. The Balaban J connectivity index is 3.11. The molecule has 0 saturated heterocycles. The van der Waals surface area contributed by atoms with Crippen molar-refractivity contribution in [2.24, 2.45) is 5.73 Å². The molecular weight excluding hydrogens is 284 g/mol. The van der Waals surface area contributed by atoms with E-state index in [1.807, 2.05) is 13.0 Å². The summed E-state index contributed by atoms with van der Waals surface area (Å²) in [5.41, 5.74) is 7.40. The molecular formula is C12H16N2O3S2. The number of anilines is 1. The molecule has 1 unspecified atom stereocenters. The summed E-state index contributed by atoms with van der Waals surface area (Å²) in [6.07, 6.45) is 1.02. The van der Waals surface area contributed by atoms with Gasteiger partial charge in [-0.25, -0.2) is 8.42 Å². The maximum Gasteiger partial charge on any atom is 0.242 e. The largest absolute Gasteiger partial charge is 0.389 e. The highest BCUT2D eigenvalue weighted by atomic mass is 32.2. The van der Waals surface area contributed by atoms with E-state index >= 15 is 0 Å². The number of rotatable bonds is 4. The van der Waals surface area contributed by atoms with Gasteiger partial charge in [0.05, 0.1) is 5.69 Å². The zero-order chi connectivity index (χ0) is 14.8. The molecule has 0 radical (unpaired) electrons. The second kappa shape index (κ2) is 5.66. The van der Waals surface area contributed by atoms with Crippen molar-refractivity contribution < 1.29 is 13.2 Å². The first-order valence-corrected chi connectivity index (χ1v) is 7.90. The van der Waals surface area contributed by atoms with Crippen molar-refractivity contribution in [2.45, 2.75) is 19.1 Å². The van der Waals surface area contributed by atoms with E-state index < -0.39 is 21.0 Å². The Morgan fingerprint density at radius 2 is 2.00 bits per heavy atom. The van der Waals surface area contributed by atoms with Gasteiger partial charge in [-0.15, -0.1) is 0 Å². The van der Waals surface area contributed by atoms with Gasteiger partial charge in [0.1, 0.15) is 10.2 Å². The van der Waals surface area contributed by atoms with Gasteiger partial charge >= 0.3 is 0 Å². The van der Waals surface area contributed by atoms with Gasteiger partial charge in [0.15, 0.2) is 9.84 Å². The fraction of sp³-hybridized carbons (Fsp3) is 0.333. The summed E-state index contributed by atoms with van der Waals surface area (Å²) in [6.45, 7) is 3.14. The lowest BCUT2D eigenvalue weighted by Gasteiger charge is -2.15. The van der Waals surface area contributed by atoms with Crippen LogP contribution in [0.1, 0.15) is 18.1 Å². The SMILES string of the molecule is Cc1cccc(NC(=O)C(C)S(C)(=O)=O)c1C(N)=S. The maximum atomic E-state index is 11.9. The van der Waals surface area contributed by atoms with Crippen LogP contribution in [-0.2, 0) is 14.6 Å². The number of hydrogen-bond acceptors (Lipinski definition) is 4. The van der Waals surface area contributed by atoms with Gasteiger partial charge in [0.2, 0.25) is 5.91 Å². The van der Waals surface area contributed by atoms with Crippen molar-refractivity contribution in [3.8, 4) is 0 Å². The van der Waals surface area contributed by atoms with Crippen LogP contribution in [0.5, 0.6) is 0 Å². The Hall–Kier alpha value is -1.47. The molecule has 5 nitrogen and oxygen atoms in total. The van der Waals surface area contributed by atoms with Crippen LogP contribution >= 0.6 is 12.2 Å². The minimum absolute atomic E-state index is 0.153. The second-order valence-electron chi connectivity index (χ2n) is 4.32. The lowest BCUT2D eigenvalue weighted by molar-refractivity contribution is -0.115. The highest BCUT2D eigenvalue weighted by molar-refractivity contribution is 7.92. The van der Waals surface area contributed by atoms with Crippen LogP contribution in [0.4, 0.5) is 5.69 Å². The fourth-order valence-corrected chi connectivity index (χ4v) is 2.25. The molecule has 0 spiro atoms. The topological polar surface area (TPSA) is 89.3 Å². The van der Waals surface area contributed by atoms with E-state index in [0.717, 1.165) is 11.8 Å². The Labute approximate surface area is 118 Å². The summed E-state index contributed by atoms with van der Waals surface area (Å²) in [5, 5.41) is 1.42. The second-order valence-corrected chi connectivity index (χ2v) is 7.13. The number of hydrogen-bond donors (Lipinski definition) is 2. The maximum absolute atomic E-state index is 11.9. The average Bonchev–Trinajstić information content (AvgIpc) is 2.26. The quantitative estimate of drug-likeness (QED) is 0.810. The fourth-order valence-electron chi connectivity index (χ4n) is 1.53. The molecule has 19 heavy (non-hydrogen) atoms. The van der Waals surface area contributed by atoms with Crippen LogP contribution in [0.2, 0.25) is 0 Å². The van der Waals surface area contributed by atoms with Gasteiger partial charge in [-0.3, -0.25) is 4.79 Å². The monoisotopic (exact) mass is 300 g/mol. The highest BCUT2D eigenvalue weighted by Crippen LogP contribution is 2.20. The van der Waals surface area contributed by atoms with Crippen LogP contribution < -0.4 is 11.1 Å². The van der Waals surface area contributed by atoms with Gasteiger partial charge < -0.3 is 11.1 Å². The summed E-state index contributed by atoms with van der Waals surface area (Å²) in [5.74, 6) is -0.606. The third-order valence-corrected chi connectivity index (χ3v) is 4.49. The van der Waals surface area contributed by atoms with E-state index in [1.165, 1.54) is 6.92 Å². The van der Waals surface area contributed by atoms with Crippen LogP contribution in [0.15, 0.2) is 18.2 Å². The molecule has 7 heteroatoms. The molecule has 0 aliphatic heterocycles. The predicted octanol–water partition coefficient (Wildman–Crippen LogP) is 1.00. The number of benzene rings is 1. The first-order valence-electron chi connectivity index (χ1n) is 5.53. The number of thiocarbonyl (C=S) groups is 1. The van der Waals surface area contributed by atoms with E-state index in [0.29, 0.717) is 11.3 Å². The van der Waals surface area contributed by atoms with Gasteiger partial charge in [-0.2, -0.15) is 0 Å². The summed E-state index contributed by atoms with van der Waals surface area (Å²) < 4.78 is 22.7. The Kier molecular flexibility index (Phi) is 4.65. The first kappa shape index (κ1) is 15.6. The summed E-state index contributed by atoms with van der Waals surface area (Å²) in [6, 6.07) is 5.18. The van der Waals surface area contributed by atoms with Gasteiger partial charge in [-0.1, -0.05) is 24.4 Å². The van der Waals surface area contributed by atoms with Gasteiger partial charge in [0, 0.05) is 11.8 Å². The number of nitrogens with two attached hydrogens (primary N) is 1. The molecule has 0 bridgehead atoms. The Morgan fingerprint density at radius 1 is 1.42 bits per heavy atom. The van der Waals surface area contributed by atoms with Crippen LogP contribution in [-0.4, -0.2) is 30.8 Å². The lowest BCUT2D eigenvalue weighted by atomic mass is 10.1. The van der Waals surface area contributed by atoms with Crippen molar-refractivity contribution in [3.05, 3.63) is 29.3 Å². The molecule has 0 aliphatic carbocycles. The summed E-state index contributed by atoms with van der Waals surface area (Å²) in [7, 11) is -3.44. The van der Waals surface area contributed by atoms with E-state index in [1.54, 1.807) is 12.1 Å². The third-order valence-electron chi connectivity index (χ3n) is 2.79. The average molecular weight is 300 g/mol. The number of sulfone groups is 1. The minimum atomic E-state index is -3.44. The molecule has 1 amide bonds. The molecule has 1 aromatic rings. The highest BCUT2D eigenvalue weighted by Gasteiger charge is 2.24. The predicted molar refractivity (Wildman–Crippen MR) is 80.0 cm³/mol. The zero-order valence-electron chi connectivity index (χ0n) is 10.9. The van der Waals surface area contributed by atoms with Gasteiger partial charge in [-0.05, 0) is 25.5 Å². The third kappa shape index (κ3) is 3.74. The summed E-state index contributed by atoms with van der Waals surface area (Å²) >= 11 is 4.94. The number of carbonyl (C=O) groups is 1. The van der Waals surface area contributed by atoms with E-state index in [-0.39, 0.29) is 4.99 Å². The zero-order valence-corrected chi connectivity index (χ0v) is 12.6. The molecule has 0 heterocycles. The van der Waals surface area contributed by atoms with E-state index in [2.05, 4.69) is 5.32 Å². The van der Waals surface area contributed by atoms with Crippen LogP contribution in [0.25, 0.3) is 0 Å². The number of carbonyl (C=O) groups excluding carboxylic acids is 1. The van der Waals surface area contributed by atoms with Crippen LogP contribution in [0.3, 0.4) is 0 Å². The smallest absolute Gasteiger partial charge is 0.242 e. The van der Waals surface area contributed by atoms with Crippen LogP contribution in [0, 0.1) is 6.92 Å². The van der Waals surface area contributed by atoms with Crippen molar-refractivity contribution in [1.29, 1.82) is 0 Å². The minimum Gasteiger partial charge on any atom is -0.389 e. The van der Waals surface area contributed by atoms with Crippen molar-refractivity contribution >= 4 is 38.6 Å². The lowest BCUT2D eigenvalue weighted by Crippen LogP contribution is -2.32. The van der Waals surface area contributed by atoms with Crippen molar-refractivity contribution in [3.63, 3.8) is 0 Å². The van der Waals surface area contributed by atoms with E-state index in [9.17, 15) is 13.2 Å². The van der Waals surface area contributed by atoms with Crippen molar-refractivity contribution in [1.82, 2.24) is 0 Å². The molecule has 0 aliphatic rings. The molecule has 1 rings (SSSR count). The van der Waals surface area contributed by atoms with Gasteiger partial charge in [0.25, 0.3) is 0 Å². The molecule has 0 fully saturated rings. The molecule has 0 aromatic heterocycles. The molecule has 1 atom stereocenters. The standard InChI is InChI=1S/C12H16N2O3S2/c1-7-5-4-6-9(10(7)11(13)18)14-12(15)8(2)19(3,16)17/h4-6,8H,1-3H3,(H2,13,18)(H,14,15). The molecule has 3 N–H and O–H groups in total. The normalized spacial score (nSPS) is 12.8. The molecule has 104 valence electrons. The number of aryl methyl sites for hydroxylation is 1. The van der Waals surface area contributed by atoms with E-state index in [4.69, 9.17) is 18.0 Å². The first-order chi connectivity index (χ1) is 8.64. The molecule has 1 aromatic carbocycles. The number of amides is 1. The van der Waals surface area contributed by atoms with Crippen molar-refractivity contribution in [2.75, 3.05) is 11.6 Å². The molecule has 0 saturated carbocycles. The Morgan fingerprint density at radius 3 is 2.47 bits per heavy atom.